The van der Waals surface area contributed by atoms with Crippen molar-refractivity contribution in [1.29, 1.82) is 0 Å². The molecule has 2 unspecified atom stereocenters. The van der Waals surface area contributed by atoms with Crippen LogP contribution in [0.1, 0.15) is 27.2 Å². The number of carbonyl (C=O) groups excluding carboxylic acids is 1. The van der Waals surface area contributed by atoms with E-state index < -0.39 is 5.79 Å². The first-order chi connectivity index (χ1) is 8.39. The second-order valence-corrected chi connectivity index (χ2v) is 5.21. The zero-order chi connectivity index (χ0) is 13.3. The maximum Gasteiger partial charge on any atom is 0.302 e. The van der Waals surface area contributed by atoms with Crippen LogP contribution in [0, 0.1) is 0 Å². The van der Waals surface area contributed by atoms with Gasteiger partial charge in [0.25, 0.3) is 0 Å². The van der Waals surface area contributed by atoms with Gasteiger partial charge in [-0.15, -0.1) is 0 Å². The van der Waals surface area contributed by atoms with Gasteiger partial charge in [0.1, 0.15) is 18.8 Å². The molecule has 2 aliphatic rings. The molecular formula is C12H21NO5. The van der Waals surface area contributed by atoms with Gasteiger partial charge in [-0.2, -0.15) is 0 Å². The normalized spacial score (nSPS) is 37.6. The zero-order valence-electron chi connectivity index (χ0n) is 11.0. The molecule has 0 aromatic heterocycles. The molecule has 6 nitrogen and oxygen atoms in total. The summed E-state index contributed by atoms with van der Waals surface area (Å²) in [5.74, 6) is -0.911. The van der Waals surface area contributed by atoms with Crippen LogP contribution in [0.5, 0.6) is 0 Å². The summed E-state index contributed by atoms with van der Waals surface area (Å²) in [4.78, 5) is 10.6. The topological polar surface area (TPSA) is 80.0 Å². The number of fused-ring (bicyclic) bond motifs is 1. The van der Waals surface area contributed by atoms with E-state index in [-0.39, 0.29) is 36.9 Å². The van der Waals surface area contributed by atoms with E-state index in [0.717, 1.165) is 0 Å². The molecule has 2 fully saturated rings. The standard InChI is InChI=1S/C12H21NO5/c1-7(14)15-4-5-16-9-6-8(13)10-11(9)18-12(2,3)17-10/h8-11H,4-6,13H2,1-3H3/t8?,9-,10?,11+/m0/s1. The van der Waals surface area contributed by atoms with Gasteiger partial charge >= 0.3 is 5.97 Å². The average Bonchev–Trinajstić information content (AvgIpc) is 2.70. The predicted molar refractivity (Wildman–Crippen MR) is 62.8 cm³/mol. The summed E-state index contributed by atoms with van der Waals surface area (Å²) in [7, 11) is 0. The molecule has 0 aromatic carbocycles. The number of esters is 1. The molecule has 0 bridgehead atoms. The highest BCUT2D eigenvalue weighted by Gasteiger charge is 2.53. The molecule has 1 aliphatic heterocycles. The lowest BCUT2D eigenvalue weighted by Crippen LogP contribution is -2.35. The van der Waals surface area contributed by atoms with E-state index in [4.69, 9.17) is 24.7 Å². The van der Waals surface area contributed by atoms with Crippen molar-refractivity contribution in [3.8, 4) is 0 Å². The second-order valence-electron chi connectivity index (χ2n) is 5.21. The monoisotopic (exact) mass is 259 g/mol. The summed E-state index contributed by atoms with van der Waals surface area (Å²) in [6, 6.07) is -0.0736. The molecule has 0 radical (unpaired) electrons. The minimum Gasteiger partial charge on any atom is -0.463 e. The van der Waals surface area contributed by atoms with Crippen molar-refractivity contribution >= 4 is 5.97 Å². The van der Waals surface area contributed by atoms with E-state index in [1.807, 2.05) is 13.8 Å². The lowest BCUT2D eigenvalue weighted by atomic mass is 10.2. The van der Waals surface area contributed by atoms with E-state index in [0.29, 0.717) is 13.0 Å². The molecule has 1 saturated heterocycles. The first kappa shape index (κ1) is 13.7. The highest BCUT2D eigenvalue weighted by Crippen LogP contribution is 2.38. The summed E-state index contributed by atoms with van der Waals surface area (Å²) >= 11 is 0. The summed E-state index contributed by atoms with van der Waals surface area (Å²) in [6.45, 7) is 5.71. The molecule has 0 amide bonds. The average molecular weight is 259 g/mol. The quantitative estimate of drug-likeness (QED) is 0.573. The molecule has 1 aliphatic carbocycles. The van der Waals surface area contributed by atoms with E-state index in [2.05, 4.69) is 0 Å². The fourth-order valence-corrected chi connectivity index (χ4v) is 2.52. The maximum absolute atomic E-state index is 10.6. The van der Waals surface area contributed by atoms with Crippen LogP contribution in [-0.4, -0.2) is 49.3 Å². The smallest absolute Gasteiger partial charge is 0.302 e. The molecule has 2 rings (SSSR count). The van der Waals surface area contributed by atoms with Crippen molar-refractivity contribution in [3.63, 3.8) is 0 Å². The van der Waals surface area contributed by atoms with Gasteiger partial charge < -0.3 is 24.7 Å². The molecular weight excluding hydrogens is 238 g/mol. The lowest BCUT2D eigenvalue weighted by Gasteiger charge is -2.22. The minimum atomic E-state index is -0.606. The Hall–Kier alpha value is -0.690. The summed E-state index contributed by atoms with van der Waals surface area (Å²) in [6.07, 6.45) is 0.360. The van der Waals surface area contributed by atoms with Crippen LogP contribution in [0.15, 0.2) is 0 Å². The van der Waals surface area contributed by atoms with Gasteiger partial charge in [-0.25, -0.2) is 0 Å². The molecule has 1 heterocycles. The van der Waals surface area contributed by atoms with Crippen molar-refractivity contribution in [2.45, 2.75) is 57.3 Å². The van der Waals surface area contributed by atoms with E-state index in [9.17, 15) is 4.79 Å². The Morgan fingerprint density at radius 2 is 2.00 bits per heavy atom. The highest BCUT2D eigenvalue weighted by molar-refractivity contribution is 5.65. The van der Waals surface area contributed by atoms with Crippen molar-refractivity contribution in [2.24, 2.45) is 5.73 Å². The van der Waals surface area contributed by atoms with Crippen LogP contribution in [0.3, 0.4) is 0 Å². The Bertz CT molecular complexity index is 320. The van der Waals surface area contributed by atoms with Gasteiger partial charge in [0, 0.05) is 13.0 Å². The number of ether oxygens (including phenoxy) is 4. The third-order valence-electron chi connectivity index (χ3n) is 3.18. The molecule has 4 atom stereocenters. The third-order valence-corrected chi connectivity index (χ3v) is 3.18. The number of hydrogen-bond donors (Lipinski definition) is 1. The first-order valence-corrected chi connectivity index (χ1v) is 6.25. The van der Waals surface area contributed by atoms with Crippen LogP contribution in [0.2, 0.25) is 0 Å². The van der Waals surface area contributed by atoms with Crippen LogP contribution in [0.25, 0.3) is 0 Å². The lowest BCUT2D eigenvalue weighted by molar-refractivity contribution is -0.169. The Kier molecular flexibility index (Phi) is 3.91. The van der Waals surface area contributed by atoms with Gasteiger partial charge in [-0.05, 0) is 20.3 Å². The van der Waals surface area contributed by atoms with Gasteiger partial charge in [0.2, 0.25) is 0 Å². The molecule has 104 valence electrons. The highest BCUT2D eigenvalue weighted by atomic mass is 16.8. The van der Waals surface area contributed by atoms with E-state index in [1.54, 1.807) is 0 Å². The Morgan fingerprint density at radius 3 is 2.67 bits per heavy atom. The van der Waals surface area contributed by atoms with Gasteiger partial charge in [0.05, 0.1) is 12.7 Å². The largest absolute Gasteiger partial charge is 0.463 e. The number of carbonyl (C=O) groups is 1. The van der Waals surface area contributed by atoms with Crippen molar-refractivity contribution in [2.75, 3.05) is 13.2 Å². The molecule has 1 saturated carbocycles. The number of hydrogen-bond acceptors (Lipinski definition) is 6. The van der Waals surface area contributed by atoms with Crippen LogP contribution < -0.4 is 5.73 Å². The maximum atomic E-state index is 10.6. The van der Waals surface area contributed by atoms with Crippen LogP contribution in [-0.2, 0) is 23.7 Å². The Morgan fingerprint density at radius 1 is 1.33 bits per heavy atom. The SMILES string of the molecule is CC(=O)OCCO[C@H]1CC(N)C2OC(C)(C)O[C@@H]21. The van der Waals surface area contributed by atoms with Crippen LogP contribution in [0.4, 0.5) is 0 Å². The second kappa shape index (κ2) is 5.13. The Labute approximate surface area is 107 Å². The minimum absolute atomic E-state index is 0.0736. The van der Waals surface area contributed by atoms with Gasteiger partial charge in [0.15, 0.2) is 5.79 Å². The van der Waals surface area contributed by atoms with Gasteiger partial charge in [-0.3, -0.25) is 4.79 Å². The fraction of sp³-hybridized carbons (Fsp3) is 0.917. The predicted octanol–water partition coefficient (Wildman–Crippen LogP) is 0.186. The fourth-order valence-electron chi connectivity index (χ4n) is 2.52. The van der Waals surface area contributed by atoms with Gasteiger partial charge in [-0.1, -0.05) is 0 Å². The molecule has 0 spiro atoms. The number of rotatable bonds is 4. The Balaban J connectivity index is 1.81. The van der Waals surface area contributed by atoms with Crippen LogP contribution >= 0.6 is 0 Å². The summed E-state index contributed by atoms with van der Waals surface area (Å²) in [5.41, 5.74) is 6.01. The first-order valence-electron chi connectivity index (χ1n) is 6.25. The van der Waals surface area contributed by atoms with Crippen molar-refractivity contribution in [1.82, 2.24) is 0 Å². The molecule has 6 heteroatoms. The molecule has 0 aromatic rings. The summed E-state index contributed by atoms with van der Waals surface area (Å²) in [5, 5.41) is 0. The van der Waals surface area contributed by atoms with Crippen molar-refractivity contribution < 1.29 is 23.7 Å². The van der Waals surface area contributed by atoms with E-state index >= 15 is 0 Å². The summed E-state index contributed by atoms with van der Waals surface area (Å²) < 4.78 is 22.0. The van der Waals surface area contributed by atoms with E-state index in [1.165, 1.54) is 6.92 Å². The number of nitrogens with two attached hydrogens (primary N) is 1. The third kappa shape index (κ3) is 3.00. The zero-order valence-corrected chi connectivity index (χ0v) is 11.0. The molecule has 18 heavy (non-hydrogen) atoms. The molecule has 2 N–H and O–H groups in total. The van der Waals surface area contributed by atoms with Crippen molar-refractivity contribution in [3.05, 3.63) is 0 Å².